The molecule has 0 aliphatic heterocycles. The summed E-state index contributed by atoms with van der Waals surface area (Å²) in [6.07, 6.45) is 15.5. The van der Waals surface area contributed by atoms with Gasteiger partial charge in [-0.05, 0) is 0 Å². The van der Waals surface area contributed by atoms with E-state index in [1.165, 1.54) is 0 Å². The van der Waals surface area contributed by atoms with Crippen LogP contribution in [0.2, 0.25) is 0 Å². The Labute approximate surface area is 93.1 Å². The predicted octanol–water partition coefficient (Wildman–Crippen LogP) is 1.58. The molecule has 0 saturated carbocycles. The molecule has 76 valence electrons. The lowest BCUT2D eigenvalue weighted by Crippen LogP contribution is -2.02. The average molecular weight is 208 g/mol. The second-order valence-corrected chi connectivity index (χ2v) is 3.39. The third-order valence-corrected chi connectivity index (χ3v) is 2.32. The molecule has 0 fully saturated rings. The highest BCUT2D eigenvalue weighted by atomic mass is 15.3. The van der Waals surface area contributed by atoms with E-state index >= 15 is 0 Å². The Morgan fingerprint density at radius 3 is 1.38 bits per heavy atom. The van der Waals surface area contributed by atoms with E-state index in [2.05, 4.69) is 20.4 Å². The summed E-state index contributed by atoms with van der Waals surface area (Å²) in [5.41, 5.74) is 1.88. The summed E-state index contributed by atoms with van der Waals surface area (Å²) in [6, 6.07) is 0. The van der Waals surface area contributed by atoms with Crippen LogP contribution >= 0.6 is 0 Å². The Morgan fingerprint density at radius 1 is 0.625 bits per heavy atom. The van der Waals surface area contributed by atoms with Crippen molar-refractivity contribution in [2.75, 3.05) is 0 Å². The molecular weight excluding hydrogens is 200 g/mol. The van der Waals surface area contributed by atoms with Crippen LogP contribution in [0, 0.1) is 12.8 Å². The molecule has 0 saturated heterocycles. The van der Waals surface area contributed by atoms with E-state index in [0.717, 1.165) is 11.1 Å². The van der Waals surface area contributed by atoms with Crippen molar-refractivity contribution in [3.63, 3.8) is 0 Å². The lowest BCUT2D eigenvalue weighted by molar-refractivity contribution is 0.818. The van der Waals surface area contributed by atoms with Crippen LogP contribution < -0.4 is 0 Å². The second-order valence-electron chi connectivity index (χ2n) is 3.39. The van der Waals surface area contributed by atoms with Crippen LogP contribution in [0.4, 0.5) is 0 Å². The highest BCUT2D eigenvalue weighted by Crippen LogP contribution is 2.18. The van der Waals surface area contributed by atoms with Gasteiger partial charge >= 0.3 is 0 Å². The van der Waals surface area contributed by atoms with Gasteiger partial charge in [0.05, 0.1) is 0 Å². The molecule has 1 aromatic rings. The van der Waals surface area contributed by atoms with E-state index in [0.29, 0.717) is 11.6 Å². The monoisotopic (exact) mass is 208 g/mol. The van der Waals surface area contributed by atoms with Gasteiger partial charge in [0, 0.05) is 24.0 Å². The van der Waals surface area contributed by atoms with E-state index in [1.807, 2.05) is 49.3 Å². The first-order valence-electron chi connectivity index (χ1n) is 4.95. The normalized spacial score (nSPS) is 17.8. The number of nitrogens with zero attached hydrogens (tertiary/aromatic N) is 4. The Bertz CT molecular complexity index is 471. The Kier molecular flexibility index (Phi) is 2.18. The van der Waals surface area contributed by atoms with Crippen LogP contribution in [0.1, 0.15) is 11.6 Å². The van der Waals surface area contributed by atoms with Crippen molar-refractivity contribution in [2.24, 2.45) is 0 Å². The van der Waals surface area contributed by atoms with Gasteiger partial charge in [0.1, 0.15) is 0 Å². The third kappa shape index (κ3) is 1.58. The van der Waals surface area contributed by atoms with Gasteiger partial charge in [-0.3, -0.25) is 0 Å². The summed E-state index contributed by atoms with van der Waals surface area (Å²) in [6.45, 7) is 0. The Balaban J connectivity index is 1.90. The number of aromatic nitrogens is 4. The van der Waals surface area contributed by atoms with Gasteiger partial charge in [-0.2, -0.15) is 0 Å². The quantitative estimate of drug-likeness (QED) is 0.740. The van der Waals surface area contributed by atoms with Gasteiger partial charge in [0.2, 0.25) is 11.6 Å². The van der Waals surface area contributed by atoms with E-state index in [9.17, 15) is 0 Å². The number of hydrogen-bond donors (Lipinski definition) is 0. The fourth-order valence-electron chi connectivity index (χ4n) is 1.51. The molecule has 1 heterocycles. The summed E-state index contributed by atoms with van der Waals surface area (Å²) in [5, 5.41) is 16.2. The van der Waals surface area contributed by atoms with Crippen LogP contribution in [0.3, 0.4) is 0 Å². The Hall–Kier alpha value is -2.10. The van der Waals surface area contributed by atoms with Crippen LogP contribution in [0.15, 0.2) is 36.5 Å². The standard InChI is InChI=1S/C12H8N4/c1-2-6-9(5-1)11-13-15-12(16-14-11)10-7-3-4-8-10/h1-8H. The lowest BCUT2D eigenvalue weighted by Gasteiger charge is -1.98. The average Bonchev–Trinajstić information content (AvgIpc) is 3.03. The molecule has 2 aliphatic rings. The van der Waals surface area contributed by atoms with E-state index < -0.39 is 0 Å². The van der Waals surface area contributed by atoms with Gasteiger partial charge in [-0.25, -0.2) is 0 Å². The minimum Gasteiger partial charge on any atom is -0.126 e. The summed E-state index contributed by atoms with van der Waals surface area (Å²) in [7, 11) is 0. The molecule has 0 amide bonds. The summed E-state index contributed by atoms with van der Waals surface area (Å²) in [4.78, 5) is 0. The van der Waals surface area contributed by atoms with Gasteiger partial charge in [0.25, 0.3) is 0 Å². The van der Waals surface area contributed by atoms with Crippen LogP contribution in [0.25, 0.3) is 11.1 Å². The number of allylic oxidation sites excluding steroid dienone is 8. The molecule has 4 heteroatoms. The summed E-state index contributed by atoms with van der Waals surface area (Å²) >= 11 is 0. The fourth-order valence-corrected chi connectivity index (χ4v) is 1.51. The van der Waals surface area contributed by atoms with Gasteiger partial charge in [-0.15, -0.1) is 20.4 Å². The van der Waals surface area contributed by atoms with E-state index in [4.69, 9.17) is 0 Å². The molecule has 0 bridgehead atoms. The van der Waals surface area contributed by atoms with Gasteiger partial charge < -0.3 is 0 Å². The maximum atomic E-state index is 4.05. The smallest absolute Gasteiger partial charge is 0.126 e. The van der Waals surface area contributed by atoms with Gasteiger partial charge in [0.15, 0.2) is 0 Å². The highest BCUT2D eigenvalue weighted by molar-refractivity contribution is 5.75. The first-order chi connectivity index (χ1) is 7.93. The number of rotatable bonds is 2. The van der Waals surface area contributed by atoms with Crippen molar-refractivity contribution in [2.45, 2.75) is 0 Å². The molecule has 0 atom stereocenters. The molecule has 16 heavy (non-hydrogen) atoms. The highest BCUT2D eigenvalue weighted by Gasteiger charge is 2.10. The third-order valence-electron chi connectivity index (χ3n) is 2.32. The van der Waals surface area contributed by atoms with E-state index in [-0.39, 0.29) is 0 Å². The maximum absolute atomic E-state index is 4.05. The minimum atomic E-state index is 0.556. The van der Waals surface area contributed by atoms with Crippen LogP contribution in [-0.2, 0) is 0 Å². The van der Waals surface area contributed by atoms with Gasteiger partial charge in [-0.1, -0.05) is 36.5 Å². The largest absolute Gasteiger partial charge is 0.203 e. The summed E-state index contributed by atoms with van der Waals surface area (Å²) in [5.74, 6) is 1.11. The SMILES string of the molecule is [CH]1C=CC(c2nnc(C3=C[CH]C=C3)nn2)=C1. The lowest BCUT2D eigenvalue weighted by atomic mass is 10.3. The molecule has 2 aliphatic carbocycles. The molecule has 0 aromatic carbocycles. The first kappa shape index (κ1) is 9.15. The molecule has 0 N–H and O–H groups in total. The molecule has 2 radical (unpaired) electrons. The summed E-state index contributed by atoms with van der Waals surface area (Å²) < 4.78 is 0. The van der Waals surface area contributed by atoms with Crippen molar-refractivity contribution in [1.82, 2.24) is 20.4 Å². The van der Waals surface area contributed by atoms with Crippen LogP contribution in [0.5, 0.6) is 0 Å². The van der Waals surface area contributed by atoms with Crippen molar-refractivity contribution < 1.29 is 0 Å². The van der Waals surface area contributed by atoms with Crippen LogP contribution in [-0.4, -0.2) is 20.4 Å². The zero-order valence-corrected chi connectivity index (χ0v) is 8.41. The zero-order valence-electron chi connectivity index (χ0n) is 8.41. The zero-order chi connectivity index (χ0) is 10.8. The molecule has 0 spiro atoms. The molecule has 1 aromatic heterocycles. The van der Waals surface area contributed by atoms with Crippen molar-refractivity contribution in [1.29, 1.82) is 0 Å². The molecular formula is C12H8N4. The Morgan fingerprint density at radius 2 is 1.06 bits per heavy atom. The maximum Gasteiger partial charge on any atom is 0.203 e. The first-order valence-corrected chi connectivity index (χ1v) is 4.95. The van der Waals surface area contributed by atoms with Crippen molar-refractivity contribution in [3.8, 4) is 0 Å². The molecule has 3 rings (SSSR count). The van der Waals surface area contributed by atoms with Crippen molar-refractivity contribution >= 4 is 11.1 Å². The topological polar surface area (TPSA) is 51.6 Å². The second kappa shape index (κ2) is 3.81. The minimum absolute atomic E-state index is 0.556. The molecule has 0 unspecified atom stereocenters. The van der Waals surface area contributed by atoms with E-state index in [1.54, 1.807) is 0 Å². The predicted molar refractivity (Wildman–Crippen MR) is 60.5 cm³/mol. The van der Waals surface area contributed by atoms with Crippen molar-refractivity contribution in [3.05, 3.63) is 60.9 Å². The number of hydrogen-bond acceptors (Lipinski definition) is 4. The molecule has 4 nitrogen and oxygen atoms in total. The fraction of sp³-hybridized carbons (Fsp3) is 0.